The third-order valence-corrected chi connectivity index (χ3v) is 5.42. The number of ether oxygens (including phenoxy) is 2. The number of epoxide rings is 1. The predicted molar refractivity (Wildman–Crippen MR) is 83.4 cm³/mol. The van der Waals surface area contributed by atoms with Crippen molar-refractivity contribution in [1.29, 1.82) is 0 Å². The van der Waals surface area contributed by atoms with Gasteiger partial charge in [-0.25, -0.2) is 13.2 Å². The molecule has 0 bridgehead atoms. The summed E-state index contributed by atoms with van der Waals surface area (Å²) in [6, 6.07) is 15.4. The first-order chi connectivity index (χ1) is 11.0. The molecule has 1 aliphatic heterocycles. The average Bonchev–Trinajstić information content (AvgIpc) is 3.35. The molecule has 2 atom stereocenters. The SMILES string of the molecule is COC(=O)[C@H]1O[C@@H]1c1ccccc1CS(=O)(=O)c1ccccc1. The minimum absolute atomic E-state index is 0.138. The summed E-state index contributed by atoms with van der Waals surface area (Å²) in [6.07, 6.45) is -1.09. The number of hydrogen-bond donors (Lipinski definition) is 0. The van der Waals surface area contributed by atoms with E-state index in [-0.39, 0.29) is 10.6 Å². The number of methoxy groups -OCH3 is 1. The van der Waals surface area contributed by atoms with Crippen LogP contribution in [-0.2, 0) is 29.9 Å². The average molecular weight is 332 g/mol. The van der Waals surface area contributed by atoms with Gasteiger partial charge in [-0.15, -0.1) is 0 Å². The second-order valence-electron chi connectivity index (χ2n) is 5.27. The molecule has 0 saturated carbocycles. The Morgan fingerprint density at radius 2 is 1.74 bits per heavy atom. The van der Waals surface area contributed by atoms with Gasteiger partial charge in [-0.05, 0) is 23.3 Å². The number of carbonyl (C=O) groups is 1. The molecule has 1 heterocycles. The van der Waals surface area contributed by atoms with Gasteiger partial charge in [0.05, 0.1) is 17.8 Å². The monoisotopic (exact) mass is 332 g/mol. The first-order valence-electron chi connectivity index (χ1n) is 7.12. The molecule has 3 rings (SSSR count). The van der Waals surface area contributed by atoms with Crippen LogP contribution < -0.4 is 0 Å². The molecule has 6 heteroatoms. The van der Waals surface area contributed by atoms with Crippen LogP contribution in [0.15, 0.2) is 59.5 Å². The van der Waals surface area contributed by atoms with E-state index in [0.717, 1.165) is 0 Å². The molecule has 120 valence electrons. The number of rotatable bonds is 5. The second-order valence-corrected chi connectivity index (χ2v) is 7.26. The standard InChI is InChI=1S/C17H16O5S/c1-21-17(18)16-15(22-16)14-10-6-5-7-12(14)11-23(19,20)13-8-3-2-4-9-13/h2-10,15-16H,11H2,1H3/t15-,16+/m1/s1. The zero-order valence-electron chi connectivity index (χ0n) is 12.5. The van der Waals surface area contributed by atoms with Crippen molar-refractivity contribution in [3.63, 3.8) is 0 Å². The van der Waals surface area contributed by atoms with Crippen LogP contribution in [0, 0.1) is 0 Å². The third kappa shape index (κ3) is 3.28. The maximum Gasteiger partial charge on any atom is 0.338 e. The van der Waals surface area contributed by atoms with Crippen molar-refractivity contribution in [3.05, 3.63) is 65.7 Å². The Kier molecular flexibility index (Phi) is 4.19. The lowest BCUT2D eigenvalue weighted by molar-refractivity contribution is -0.142. The van der Waals surface area contributed by atoms with Crippen LogP contribution in [0.5, 0.6) is 0 Å². The molecule has 2 aromatic carbocycles. The highest BCUT2D eigenvalue weighted by atomic mass is 32.2. The molecule has 0 amide bonds. The summed E-state index contributed by atoms with van der Waals surface area (Å²) < 4.78 is 35.1. The van der Waals surface area contributed by atoms with Crippen molar-refractivity contribution >= 4 is 15.8 Å². The molecule has 0 aromatic heterocycles. The van der Waals surface area contributed by atoms with Crippen LogP contribution in [0.2, 0.25) is 0 Å². The molecule has 0 spiro atoms. The Labute approximate surface area is 134 Å². The van der Waals surface area contributed by atoms with Gasteiger partial charge in [-0.3, -0.25) is 0 Å². The van der Waals surface area contributed by atoms with Crippen LogP contribution >= 0.6 is 0 Å². The van der Waals surface area contributed by atoms with E-state index < -0.39 is 28.0 Å². The summed E-state index contributed by atoms with van der Waals surface area (Å²) in [5.41, 5.74) is 1.34. The quantitative estimate of drug-likeness (QED) is 0.620. The minimum Gasteiger partial charge on any atom is -0.467 e. The van der Waals surface area contributed by atoms with Crippen molar-refractivity contribution in [2.45, 2.75) is 22.9 Å². The van der Waals surface area contributed by atoms with E-state index >= 15 is 0 Å². The third-order valence-electron chi connectivity index (χ3n) is 3.73. The Bertz CT molecular complexity index is 814. The van der Waals surface area contributed by atoms with E-state index in [1.54, 1.807) is 54.6 Å². The number of benzene rings is 2. The van der Waals surface area contributed by atoms with Gasteiger partial charge in [-0.1, -0.05) is 42.5 Å². The molecule has 1 fully saturated rings. The lowest BCUT2D eigenvalue weighted by Crippen LogP contribution is -2.11. The fourth-order valence-corrected chi connectivity index (χ4v) is 3.91. The molecule has 1 saturated heterocycles. The van der Waals surface area contributed by atoms with Crippen LogP contribution in [-0.4, -0.2) is 27.6 Å². The van der Waals surface area contributed by atoms with Crippen molar-refractivity contribution in [1.82, 2.24) is 0 Å². The molecular formula is C17H16O5S. The predicted octanol–water partition coefficient (Wildman–Crippen LogP) is 2.27. The van der Waals surface area contributed by atoms with Gasteiger partial charge < -0.3 is 9.47 Å². The van der Waals surface area contributed by atoms with E-state index in [2.05, 4.69) is 4.74 Å². The van der Waals surface area contributed by atoms with Crippen molar-refractivity contribution in [2.75, 3.05) is 7.11 Å². The summed E-state index contributed by atoms with van der Waals surface area (Å²) in [6.45, 7) is 0. The highest BCUT2D eigenvalue weighted by molar-refractivity contribution is 7.90. The largest absolute Gasteiger partial charge is 0.467 e. The maximum absolute atomic E-state index is 12.5. The van der Waals surface area contributed by atoms with Gasteiger partial charge in [-0.2, -0.15) is 0 Å². The normalized spacial score (nSPS) is 20.0. The summed E-state index contributed by atoms with van der Waals surface area (Å²) in [4.78, 5) is 11.8. The van der Waals surface area contributed by atoms with Gasteiger partial charge >= 0.3 is 5.97 Å². The summed E-state index contributed by atoms with van der Waals surface area (Å²) in [5.74, 6) is -0.586. The van der Waals surface area contributed by atoms with Crippen molar-refractivity contribution < 1.29 is 22.7 Å². The number of hydrogen-bond acceptors (Lipinski definition) is 5. The first kappa shape index (κ1) is 15.7. The molecule has 0 radical (unpaired) electrons. The first-order valence-corrected chi connectivity index (χ1v) is 8.77. The van der Waals surface area contributed by atoms with E-state index in [0.29, 0.717) is 11.1 Å². The fourth-order valence-electron chi connectivity index (χ4n) is 2.50. The van der Waals surface area contributed by atoms with Crippen LogP contribution in [0.4, 0.5) is 0 Å². The summed E-state index contributed by atoms with van der Waals surface area (Å²) >= 11 is 0. The Hall–Kier alpha value is -2.18. The molecular weight excluding hydrogens is 316 g/mol. The van der Waals surface area contributed by atoms with Gasteiger partial charge in [0, 0.05) is 0 Å². The lowest BCUT2D eigenvalue weighted by Gasteiger charge is -2.08. The molecule has 0 unspecified atom stereocenters. The molecule has 2 aromatic rings. The molecule has 0 N–H and O–H groups in total. The van der Waals surface area contributed by atoms with Gasteiger partial charge in [0.1, 0.15) is 6.10 Å². The van der Waals surface area contributed by atoms with E-state index in [1.807, 2.05) is 0 Å². The highest BCUT2D eigenvalue weighted by Gasteiger charge is 2.48. The van der Waals surface area contributed by atoms with Crippen LogP contribution in [0.25, 0.3) is 0 Å². The zero-order valence-corrected chi connectivity index (χ0v) is 13.3. The van der Waals surface area contributed by atoms with Crippen LogP contribution in [0.1, 0.15) is 17.2 Å². The highest BCUT2D eigenvalue weighted by Crippen LogP contribution is 2.41. The Morgan fingerprint density at radius 1 is 1.09 bits per heavy atom. The van der Waals surface area contributed by atoms with E-state index in [9.17, 15) is 13.2 Å². The zero-order chi connectivity index (χ0) is 16.4. The minimum atomic E-state index is -3.46. The van der Waals surface area contributed by atoms with Gasteiger partial charge in [0.25, 0.3) is 0 Å². The number of carbonyl (C=O) groups excluding carboxylic acids is 1. The van der Waals surface area contributed by atoms with Gasteiger partial charge in [0.15, 0.2) is 15.9 Å². The molecule has 5 nitrogen and oxygen atoms in total. The Balaban J connectivity index is 1.86. The number of esters is 1. The van der Waals surface area contributed by atoms with E-state index in [1.165, 1.54) is 7.11 Å². The topological polar surface area (TPSA) is 73.0 Å². The van der Waals surface area contributed by atoms with Gasteiger partial charge in [0.2, 0.25) is 0 Å². The van der Waals surface area contributed by atoms with Crippen LogP contribution in [0.3, 0.4) is 0 Å². The molecule has 23 heavy (non-hydrogen) atoms. The molecule has 0 aliphatic carbocycles. The summed E-state index contributed by atoms with van der Waals surface area (Å²) in [7, 11) is -2.16. The molecule has 1 aliphatic rings. The Morgan fingerprint density at radius 3 is 2.43 bits per heavy atom. The van der Waals surface area contributed by atoms with E-state index in [4.69, 9.17) is 4.74 Å². The van der Waals surface area contributed by atoms with Crippen molar-refractivity contribution in [3.8, 4) is 0 Å². The fraction of sp³-hybridized carbons (Fsp3) is 0.235. The smallest absolute Gasteiger partial charge is 0.338 e. The lowest BCUT2D eigenvalue weighted by atomic mass is 10.0. The maximum atomic E-state index is 12.5. The van der Waals surface area contributed by atoms with Crippen molar-refractivity contribution in [2.24, 2.45) is 0 Å². The number of sulfone groups is 1. The second kappa shape index (κ2) is 6.14. The summed E-state index contributed by atoms with van der Waals surface area (Å²) in [5, 5.41) is 0.